The molecule has 8 heteroatoms. The maximum atomic E-state index is 13.5. The largest absolute Gasteiger partial charge is 0.462 e. The summed E-state index contributed by atoms with van der Waals surface area (Å²) in [7, 11) is 0. The fourth-order valence-corrected chi connectivity index (χ4v) is 7.46. The van der Waals surface area contributed by atoms with Crippen molar-refractivity contribution in [1.82, 2.24) is 10.1 Å². The van der Waals surface area contributed by atoms with Crippen molar-refractivity contribution in [3.63, 3.8) is 0 Å². The number of fused-ring (bicyclic) bond motifs is 2. The van der Waals surface area contributed by atoms with Crippen LogP contribution in [0.5, 0.6) is 0 Å². The molecule has 0 aromatic carbocycles. The highest BCUT2D eigenvalue weighted by molar-refractivity contribution is 5.84. The molecule has 2 heterocycles. The second-order valence-electron chi connectivity index (χ2n) is 13.8. The zero-order valence-corrected chi connectivity index (χ0v) is 22.5. The summed E-state index contributed by atoms with van der Waals surface area (Å²) >= 11 is 0. The predicted molar refractivity (Wildman–Crippen MR) is 127 cm³/mol. The van der Waals surface area contributed by atoms with Crippen molar-refractivity contribution < 1.29 is 29.5 Å². The first-order valence-electron chi connectivity index (χ1n) is 13.0. The Labute approximate surface area is 209 Å². The maximum Gasteiger partial charge on any atom is 0.310 e. The smallest absolute Gasteiger partial charge is 0.310 e. The molecule has 196 valence electrons. The second-order valence-corrected chi connectivity index (χ2v) is 13.8. The zero-order valence-electron chi connectivity index (χ0n) is 22.5. The van der Waals surface area contributed by atoms with Gasteiger partial charge in [0.05, 0.1) is 11.8 Å². The minimum atomic E-state index is -0.643. The zero-order chi connectivity index (χ0) is 26.1. The molecule has 0 aromatic rings. The van der Waals surface area contributed by atoms with Crippen LogP contribution < -0.4 is 0 Å². The first-order chi connectivity index (χ1) is 15.9. The van der Waals surface area contributed by atoms with E-state index in [0.717, 1.165) is 16.5 Å². The van der Waals surface area contributed by atoms with E-state index in [0.29, 0.717) is 25.7 Å². The normalized spacial score (nSPS) is 36.3. The number of hydrogen-bond donors (Lipinski definition) is 0. The van der Waals surface area contributed by atoms with E-state index in [9.17, 15) is 20.0 Å². The van der Waals surface area contributed by atoms with Gasteiger partial charge in [0.25, 0.3) is 0 Å². The van der Waals surface area contributed by atoms with Gasteiger partial charge in [-0.2, -0.15) is 0 Å². The van der Waals surface area contributed by atoms with Crippen molar-refractivity contribution in [1.29, 1.82) is 0 Å². The molecule has 8 nitrogen and oxygen atoms in total. The number of esters is 2. The van der Waals surface area contributed by atoms with Gasteiger partial charge in [-0.15, -0.1) is 20.5 Å². The van der Waals surface area contributed by atoms with Crippen LogP contribution in [0.15, 0.2) is 12.2 Å². The van der Waals surface area contributed by atoms with Crippen molar-refractivity contribution in [3.05, 3.63) is 12.2 Å². The van der Waals surface area contributed by atoms with Gasteiger partial charge < -0.3 is 9.47 Å². The number of carbonyl (C=O) groups is 2. The first kappa shape index (κ1) is 26.6. The van der Waals surface area contributed by atoms with Gasteiger partial charge in [0.1, 0.15) is 12.2 Å². The number of ether oxygens (including phenoxy) is 2. The van der Waals surface area contributed by atoms with Gasteiger partial charge in [0.2, 0.25) is 0 Å². The van der Waals surface area contributed by atoms with Crippen LogP contribution in [0.3, 0.4) is 0 Å². The van der Waals surface area contributed by atoms with E-state index in [1.807, 2.05) is 67.5 Å². The van der Waals surface area contributed by atoms with Crippen molar-refractivity contribution in [2.45, 2.75) is 122 Å². The molecule has 4 aliphatic rings. The van der Waals surface area contributed by atoms with Crippen molar-refractivity contribution >= 4 is 11.9 Å². The van der Waals surface area contributed by atoms with Gasteiger partial charge >= 0.3 is 11.9 Å². The molecule has 2 bridgehead atoms. The minimum absolute atomic E-state index is 0.0398. The van der Waals surface area contributed by atoms with E-state index in [2.05, 4.69) is 0 Å². The quantitative estimate of drug-likeness (QED) is 0.432. The van der Waals surface area contributed by atoms with Crippen molar-refractivity contribution in [2.75, 3.05) is 0 Å². The third-order valence-electron chi connectivity index (χ3n) is 8.68. The summed E-state index contributed by atoms with van der Waals surface area (Å²) in [4.78, 5) is 26.9. The van der Waals surface area contributed by atoms with E-state index in [1.54, 1.807) is 0 Å². The predicted octanol–water partition coefficient (Wildman–Crippen LogP) is 4.25. The number of hydroxylamine groups is 4. The highest BCUT2D eigenvalue weighted by Gasteiger charge is 2.56. The SMILES string of the molecule is CC1(C)CC(OC(=O)C2C3C=CC(C3)C2C(=O)OC2CC(C)(C)N([O])C(C)(C)C2)CC(C)(C)N1[O]. The maximum absolute atomic E-state index is 13.5. The molecule has 2 saturated heterocycles. The summed E-state index contributed by atoms with van der Waals surface area (Å²) in [5, 5.41) is 27.6. The van der Waals surface area contributed by atoms with Crippen LogP contribution in [0.2, 0.25) is 0 Å². The van der Waals surface area contributed by atoms with Crippen LogP contribution >= 0.6 is 0 Å². The van der Waals surface area contributed by atoms with Crippen LogP contribution in [-0.4, -0.2) is 56.4 Å². The Bertz CT molecular complexity index is 788. The molecule has 1 saturated carbocycles. The number of nitrogens with zero attached hydrogens (tertiary/aromatic N) is 2. The molecular formula is C27H42N2O6. The van der Waals surface area contributed by atoms with E-state index in [4.69, 9.17) is 9.47 Å². The number of hydrogen-bond acceptors (Lipinski definition) is 6. The van der Waals surface area contributed by atoms with Crippen LogP contribution in [-0.2, 0) is 29.5 Å². The summed E-state index contributed by atoms with van der Waals surface area (Å²) in [6.07, 6.45) is 5.86. The van der Waals surface area contributed by atoms with E-state index in [-0.39, 0.29) is 36.0 Å². The van der Waals surface area contributed by atoms with Gasteiger partial charge in [-0.25, -0.2) is 0 Å². The van der Waals surface area contributed by atoms with Crippen LogP contribution in [0.4, 0.5) is 0 Å². The number of piperidine rings is 2. The molecular weight excluding hydrogens is 448 g/mol. The number of rotatable bonds is 4. The summed E-state index contributed by atoms with van der Waals surface area (Å²) in [6, 6.07) is 0. The molecule has 4 atom stereocenters. The molecule has 2 aliphatic carbocycles. The van der Waals surface area contributed by atoms with Gasteiger partial charge in [0, 0.05) is 47.8 Å². The standard InChI is InChI=1S/C27H42N2O6/c1-24(2)12-18(13-25(3,4)28(24)32)34-22(30)20-16-9-10-17(11-16)21(20)23(31)35-19-14-26(5,6)29(33)27(7,8)15-19/h9-10,16-21H,11-15H2,1-8H3. The van der Waals surface area contributed by atoms with Gasteiger partial charge in [0.15, 0.2) is 0 Å². The summed E-state index contributed by atoms with van der Waals surface area (Å²) in [5.74, 6) is -1.96. The lowest BCUT2D eigenvalue weighted by molar-refractivity contribution is -0.300. The minimum Gasteiger partial charge on any atom is -0.462 e. The molecule has 2 aliphatic heterocycles. The Balaban J connectivity index is 1.47. The summed E-state index contributed by atoms with van der Waals surface area (Å²) in [5.41, 5.74) is -2.57. The fraction of sp³-hybridized carbons (Fsp3) is 0.852. The third-order valence-corrected chi connectivity index (χ3v) is 8.68. The molecule has 4 unspecified atom stereocenters. The lowest BCUT2D eigenvalue weighted by Crippen LogP contribution is -2.60. The summed E-state index contributed by atoms with van der Waals surface area (Å²) < 4.78 is 12.0. The Hall–Kier alpha value is -1.48. The Morgan fingerprint density at radius 3 is 1.20 bits per heavy atom. The van der Waals surface area contributed by atoms with Crippen LogP contribution in [0, 0.1) is 23.7 Å². The number of allylic oxidation sites excluding steroid dienone is 2. The molecule has 0 spiro atoms. The highest BCUT2D eigenvalue weighted by Crippen LogP contribution is 2.50. The Morgan fingerprint density at radius 1 is 0.629 bits per heavy atom. The Morgan fingerprint density at radius 2 is 0.914 bits per heavy atom. The molecule has 0 aromatic heterocycles. The monoisotopic (exact) mass is 490 g/mol. The molecule has 0 N–H and O–H groups in total. The topological polar surface area (TPSA) is 98.9 Å². The molecule has 4 rings (SSSR count). The average Bonchev–Trinajstić information content (AvgIpc) is 3.31. The number of carbonyl (C=O) groups excluding carboxylic acids is 2. The fourth-order valence-electron chi connectivity index (χ4n) is 7.46. The molecule has 2 radical (unpaired) electrons. The Kier molecular flexibility index (Phi) is 6.48. The van der Waals surface area contributed by atoms with Gasteiger partial charge in [-0.3, -0.25) is 9.59 Å². The van der Waals surface area contributed by atoms with E-state index in [1.165, 1.54) is 0 Å². The first-order valence-corrected chi connectivity index (χ1v) is 13.0. The van der Waals surface area contributed by atoms with E-state index >= 15 is 0 Å². The lowest BCUT2D eigenvalue weighted by atomic mass is 9.79. The second kappa shape index (κ2) is 8.54. The average molecular weight is 491 g/mol. The van der Waals surface area contributed by atoms with Crippen LogP contribution in [0.1, 0.15) is 87.5 Å². The van der Waals surface area contributed by atoms with Gasteiger partial charge in [-0.1, -0.05) is 12.2 Å². The molecule has 35 heavy (non-hydrogen) atoms. The van der Waals surface area contributed by atoms with Crippen LogP contribution in [0.25, 0.3) is 0 Å². The van der Waals surface area contributed by atoms with Crippen molar-refractivity contribution in [2.24, 2.45) is 23.7 Å². The lowest BCUT2D eigenvalue weighted by Gasteiger charge is -2.49. The van der Waals surface area contributed by atoms with Gasteiger partial charge in [-0.05, 0) is 73.6 Å². The summed E-state index contributed by atoms with van der Waals surface area (Å²) in [6.45, 7) is 15.0. The molecule has 3 fully saturated rings. The third kappa shape index (κ3) is 4.79. The highest BCUT2D eigenvalue weighted by atomic mass is 16.6. The van der Waals surface area contributed by atoms with Crippen molar-refractivity contribution in [3.8, 4) is 0 Å². The van der Waals surface area contributed by atoms with E-state index < -0.39 is 34.0 Å². The molecule has 0 amide bonds.